The molecule has 2 heterocycles. The van der Waals surface area contributed by atoms with Gasteiger partial charge in [-0.3, -0.25) is 4.68 Å². The SMILES string of the molecule is Ic1cccc2cnc(Nc3cnn(C4CCCCC4)c3)nc12. The van der Waals surface area contributed by atoms with E-state index in [9.17, 15) is 0 Å². The van der Waals surface area contributed by atoms with Gasteiger partial charge in [-0.1, -0.05) is 31.4 Å². The molecular formula is C17H18IN5. The molecule has 1 aliphatic rings. The van der Waals surface area contributed by atoms with Crippen LogP contribution in [0.3, 0.4) is 0 Å². The summed E-state index contributed by atoms with van der Waals surface area (Å²) in [5.74, 6) is 0.616. The minimum Gasteiger partial charge on any atom is -0.321 e. The van der Waals surface area contributed by atoms with Crippen LogP contribution in [0.25, 0.3) is 10.9 Å². The molecule has 1 fully saturated rings. The zero-order valence-electron chi connectivity index (χ0n) is 12.7. The van der Waals surface area contributed by atoms with Gasteiger partial charge >= 0.3 is 0 Å². The molecule has 2 aromatic heterocycles. The summed E-state index contributed by atoms with van der Waals surface area (Å²) >= 11 is 2.30. The molecule has 1 aromatic carbocycles. The second-order valence-corrected chi connectivity index (χ2v) is 7.16. The van der Waals surface area contributed by atoms with Crippen LogP contribution in [0, 0.1) is 3.57 Å². The van der Waals surface area contributed by atoms with E-state index in [0.717, 1.165) is 20.2 Å². The highest BCUT2D eigenvalue weighted by Crippen LogP contribution is 2.28. The lowest BCUT2D eigenvalue weighted by Gasteiger charge is -2.21. The maximum atomic E-state index is 4.63. The molecule has 118 valence electrons. The number of fused-ring (bicyclic) bond motifs is 1. The van der Waals surface area contributed by atoms with Crippen molar-refractivity contribution in [2.24, 2.45) is 0 Å². The molecule has 3 aromatic rings. The maximum Gasteiger partial charge on any atom is 0.227 e. The summed E-state index contributed by atoms with van der Waals surface area (Å²) in [7, 11) is 0. The highest BCUT2D eigenvalue weighted by molar-refractivity contribution is 14.1. The monoisotopic (exact) mass is 419 g/mol. The molecule has 0 spiro atoms. The van der Waals surface area contributed by atoms with Gasteiger partial charge in [0.25, 0.3) is 0 Å². The van der Waals surface area contributed by atoms with Crippen molar-refractivity contribution in [1.29, 1.82) is 0 Å². The van der Waals surface area contributed by atoms with Gasteiger partial charge in [0.05, 0.1) is 23.4 Å². The summed E-state index contributed by atoms with van der Waals surface area (Å²) in [5.41, 5.74) is 1.92. The zero-order chi connectivity index (χ0) is 15.6. The Morgan fingerprint density at radius 1 is 1.13 bits per heavy atom. The number of hydrogen-bond donors (Lipinski definition) is 1. The number of aromatic nitrogens is 4. The summed E-state index contributed by atoms with van der Waals surface area (Å²) in [6.07, 6.45) is 12.2. The molecule has 1 aliphatic carbocycles. The predicted octanol–water partition coefficient (Wildman–Crippen LogP) is 4.68. The molecule has 1 N–H and O–H groups in total. The molecule has 0 saturated heterocycles. The third-order valence-electron chi connectivity index (χ3n) is 4.37. The van der Waals surface area contributed by atoms with Crippen molar-refractivity contribution in [3.63, 3.8) is 0 Å². The molecule has 0 unspecified atom stereocenters. The van der Waals surface area contributed by atoms with Crippen LogP contribution >= 0.6 is 22.6 Å². The van der Waals surface area contributed by atoms with Crippen molar-refractivity contribution < 1.29 is 0 Å². The van der Waals surface area contributed by atoms with E-state index in [1.807, 2.05) is 24.5 Å². The quantitative estimate of drug-likeness (QED) is 0.627. The number of nitrogens with zero attached hydrogens (tertiary/aromatic N) is 4. The fourth-order valence-electron chi connectivity index (χ4n) is 3.16. The number of rotatable bonds is 3. The highest BCUT2D eigenvalue weighted by atomic mass is 127. The maximum absolute atomic E-state index is 4.63. The Hall–Kier alpha value is -1.70. The molecular weight excluding hydrogens is 401 g/mol. The van der Waals surface area contributed by atoms with E-state index in [0.29, 0.717) is 12.0 Å². The Morgan fingerprint density at radius 3 is 2.87 bits per heavy atom. The fourth-order valence-corrected chi connectivity index (χ4v) is 3.80. The van der Waals surface area contributed by atoms with E-state index in [4.69, 9.17) is 0 Å². The minimum absolute atomic E-state index is 0.540. The third-order valence-corrected chi connectivity index (χ3v) is 5.24. The standard InChI is InChI=1S/C17H18IN5/c18-15-8-4-5-12-9-19-17(22-16(12)15)21-13-10-20-23(11-13)14-6-2-1-3-7-14/h4-5,8-11,14H,1-3,6-7H2,(H,19,21,22). The lowest BCUT2D eigenvalue weighted by molar-refractivity contribution is 0.329. The van der Waals surface area contributed by atoms with Crippen molar-refractivity contribution in [3.05, 3.63) is 40.4 Å². The topological polar surface area (TPSA) is 55.6 Å². The Morgan fingerprint density at radius 2 is 2.00 bits per heavy atom. The van der Waals surface area contributed by atoms with Gasteiger partial charge in [-0.05, 0) is 41.5 Å². The number of anilines is 2. The zero-order valence-corrected chi connectivity index (χ0v) is 14.9. The first-order valence-corrected chi connectivity index (χ1v) is 9.10. The summed E-state index contributed by atoms with van der Waals surface area (Å²) in [6, 6.07) is 6.65. The summed E-state index contributed by atoms with van der Waals surface area (Å²) in [5, 5.41) is 8.84. The number of halogens is 1. The van der Waals surface area contributed by atoms with Gasteiger partial charge in [0, 0.05) is 21.4 Å². The van der Waals surface area contributed by atoms with Crippen LogP contribution in [-0.2, 0) is 0 Å². The Labute approximate surface area is 148 Å². The Bertz CT molecular complexity index is 823. The van der Waals surface area contributed by atoms with E-state index in [1.165, 1.54) is 32.1 Å². The summed E-state index contributed by atoms with van der Waals surface area (Å²) in [6.45, 7) is 0. The molecule has 0 aliphatic heterocycles. The molecule has 6 heteroatoms. The smallest absolute Gasteiger partial charge is 0.227 e. The summed E-state index contributed by atoms with van der Waals surface area (Å²) in [4.78, 5) is 9.03. The number of hydrogen-bond acceptors (Lipinski definition) is 4. The van der Waals surface area contributed by atoms with Crippen LogP contribution in [0.4, 0.5) is 11.6 Å². The molecule has 4 rings (SSSR count). The van der Waals surface area contributed by atoms with Crippen molar-refractivity contribution in [2.45, 2.75) is 38.1 Å². The van der Waals surface area contributed by atoms with Crippen molar-refractivity contribution in [1.82, 2.24) is 19.7 Å². The van der Waals surface area contributed by atoms with Gasteiger partial charge in [-0.2, -0.15) is 5.10 Å². The molecule has 0 atom stereocenters. The molecule has 23 heavy (non-hydrogen) atoms. The second kappa shape index (κ2) is 6.43. The normalized spacial score (nSPS) is 15.9. The van der Waals surface area contributed by atoms with Crippen molar-refractivity contribution in [3.8, 4) is 0 Å². The van der Waals surface area contributed by atoms with Gasteiger partial charge in [-0.25, -0.2) is 9.97 Å². The number of para-hydroxylation sites is 1. The first-order valence-electron chi connectivity index (χ1n) is 8.02. The highest BCUT2D eigenvalue weighted by Gasteiger charge is 2.16. The Balaban J connectivity index is 1.56. The van der Waals surface area contributed by atoms with Crippen molar-refractivity contribution in [2.75, 3.05) is 5.32 Å². The van der Waals surface area contributed by atoms with Gasteiger partial charge in [0.2, 0.25) is 5.95 Å². The lowest BCUT2D eigenvalue weighted by atomic mass is 9.96. The van der Waals surface area contributed by atoms with Crippen LogP contribution < -0.4 is 5.32 Å². The van der Waals surface area contributed by atoms with Crippen LogP contribution in [-0.4, -0.2) is 19.7 Å². The molecule has 0 radical (unpaired) electrons. The number of benzene rings is 1. The first-order chi connectivity index (χ1) is 11.3. The predicted molar refractivity (Wildman–Crippen MR) is 99.9 cm³/mol. The average Bonchev–Trinajstić information content (AvgIpc) is 3.05. The molecule has 1 saturated carbocycles. The number of nitrogens with one attached hydrogen (secondary N) is 1. The van der Waals surface area contributed by atoms with Gasteiger partial charge in [0.1, 0.15) is 0 Å². The van der Waals surface area contributed by atoms with Gasteiger partial charge in [-0.15, -0.1) is 0 Å². The largest absolute Gasteiger partial charge is 0.321 e. The van der Waals surface area contributed by atoms with Gasteiger partial charge in [0.15, 0.2) is 0 Å². The van der Waals surface area contributed by atoms with Crippen LogP contribution in [0.5, 0.6) is 0 Å². The first kappa shape index (κ1) is 14.9. The van der Waals surface area contributed by atoms with Crippen LogP contribution in [0.1, 0.15) is 38.1 Å². The third kappa shape index (κ3) is 3.17. The van der Waals surface area contributed by atoms with E-state index < -0.39 is 0 Å². The van der Waals surface area contributed by atoms with E-state index >= 15 is 0 Å². The van der Waals surface area contributed by atoms with E-state index in [-0.39, 0.29) is 0 Å². The molecule has 0 amide bonds. The lowest BCUT2D eigenvalue weighted by Crippen LogP contribution is -2.12. The van der Waals surface area contributed by atoms with Crippen LogP contribution in [0.15, 0.2) is 36.8 Å². The van der Waals surface area contributed by atoms with Crippen molar-refractivity contribution >= 4 is 45.1 Å². The van der Waals surface area contributed by atoms with Gasteiger partial charge < -0.3 is 5.32 Å². The van der Waals surface area contributed by atoms with E-state index in [2.05, 4.69) is 59.9 Å². The van der Waals surface area contributed by atoms with E-state index in [1.54, 1.807) is 0 Å². The van der Waals surface area contributed by atoms with Crippen LogP contribution in [0.2, 0.25) is 0 Å². The minimum atomic E-state index is 0.540. The molecule has 0 bridgehead atoms. The average molecular weight is 419 g/mol. The second-order valence-electron chi connectivity index (χ2n) is 6.00. The molecule has 5 nitrogen and oxygen atoms in total. The summed E-state index contributed by atoms with van der Waals surface area (Å²) < 4.78 is 3.22. The fraction of sp³-hybridized carbons (Fsp3) is 0.353. The Kier molecular flexibility index (Phi) is 4.15.